The van der Waals surface area contributed by atoms with E-state index < -0.39 is 40.6 Å². The number of anilines is 1. The zero-order valence-electron chi connectivity index (χ0n) is 19.8. The van der Waals surface area contributed by atoms with E-state index >= 15 is 0 Å². The largest absolute Gasteiger partial charge is 0.353 e. The van der Waals surface area contributed by atoms with E-state index in [2.05, 4.69) is 21.3 Å². The van der Waals surface area contributed by atoms with Gasteiger partial charge in [0.2, 0.25) is 17.6 Å². The van der Waals surface area contributed by atoms with Crippen LogP contribution < -0.4 is 21.3 Å². The molecule has 11 heteroatoms. The van der Waals surface area contributed by atoms with Crippen LogP contribution in [-0.2, 0) is 19.2 Å². The molecule has 192 valence electrons. The highest BCUT2D eigenvalue weighted by molar-refractivity contribution is 6.38. The van der Waals surface area contributed by atoms with Crippen LogP contribution in [0.2, 0.25) is 5.02 Å². The maximum atomic E-state index is 13.9. The van der Waals surface area contributed by atoms with E-state index in [0.717, 1.165) is 12.8 Å². The Morgan fingerprint density at radius 2 is 1.89 bits per heavy atom. The fourth-order valence-corrected chi connectivity index (χ4v) is 5.70. The number of carbonyl (C=O) groups is 5. The second kappa shape index (κ2) is 8.83. The molecule has 1 aromatic carbocycles. The smallest absolute Gasteiger partial charge is 0.289 e. The van der Waals surface area contributed by atoms with Gasteiger partial charge in [-0.15, -0.1) is 0 Å². The number of rotatable bonds is 9. The monoisotopic (exact) mass is 518 g/mol. The van der Waals surface area contributed by atoms with Gasteiger partial charge in [-0.25, -0.2) is 4.39 Å². The van der Waals surface area contributed by atoms with Crippen LogP contribution in [0.15, 0.2) is 18.2 Å². The van der Waals surface area contributed by atoms with Crippen LogP contribution in [0.3, 0.4) is 0 Å². The standard InChI is InChI=1S/C25H28ClFN4O5/c1-12-6-13(20(33)28-12)7-18(19(32)22(35)29-15-3-4-15)30-21(34)16-8-14(26)2-5-17(16)31-23(36)24-9-25(27,10-24)11-24/h2,5,8,12-13,15,18H,3-4,6-7,9-11H2,1H3,(H,28,33)(H,29,35)(H,30,34)(H,31,36)/t12-,13+,18+,24?,25?/m1/s1. The molecule has 6 rings (SSSR count). The molecule has 9 nitrogen and oxygen atoms in total. The van der Waals surface area contributed by atoms with Crippen molar-refractivity contribution in [2.45, 2.75) is 75.7 Å². The second-order valence-electron chi connectivity index (χ2n) is 10.8. The molecular formula is C25H28ClFN4O5. The first-order valence-electron chi connectivity index (χ1n) is 12.2. The maximum Gasteiger partial charge on any atom is 0.289 e. The van der Waals surface area contributed by atoms with Crippen LogP contribution >= 0.6 is 11.6 Å². The van der Waals surface area contributed by atoms with Gasteiger partial charge in [-0.3, -0.25) is 24.0 Å². The van der Waals surface area contributed by atoms with Crippen molar-refractivity contribution in [3.05, 3.63) is 28.8 Å². The minimum atomic E-state index is -1.25. The molecule has 36 heavy (non-hydrogen) atoms. The lowest BCUT2D eigenvalue weighted by Gasteiger charge is -2.64. The van der Waals surface area contributed by atoms with Crippen LogP contribution in [0.5, 0.6) is 0 Å². The van der Waals surface area contributed by atoms with E-state index in [1.165, 1.54) is 18.2 Å². The summed E-state index contributed by atoms with van der Waals surface area (Å²) in [5, 5.41) is 10.9. The number of ketones is 1. The summed E-state index contributed by atoms with van der Waals surface area (Å²) in [7, 11) is 0. The van der Waals surface area contributed by atoms with Crippen LogP contribution in [0.25, 0.3) is 0 Å². The first kappa shape index (κ1) is 24.7. The number of halogens is 2. The van der Waals surface area contributed by atoms with E-state index in [-0.39, 0.29) is 65.9 Å². The third-order valence-electron chi connectivity index (χ3n) is 7.60. The molecule has 3 atom stereocenters. The highest BCUT2D eigenvalue weighted by atomic mass is 35.5. The molecule has 1 aliphatic heterocycles. The molecule has 0 aromatic heterocycles. The van der Waals surface area contributed by atoms with Gasteiger partial charge in [-0.1, -0.05) is 11.6 Å². The zero-order valence-corrected chi connectivity index (χ0v) is 20.5. The van der Waals surface area contributed by atoms with Crippen molar-refractivity contribution in [2.75, 3.05) is 5.32 Å². The maximum absolute atomic E-state index is 13.9. The van der Waals surface area contributed by atoms with E-state index in [1.54, 1.807) is 0 Å². The number of Topliss-reactive ketones (excluding diaryl/α,β-unsaturated/α-hetero) is 1. The molecule has 0 radical (unpaired) electrons. The minimum absolute atomic E-state index is 0.00190. The van der Waals surface area contributed by atoms with Crippen molar-refractivity contribution in [1.82, 2.24) is 16.0 Å². The molecule has 4 amide bonds. The zero-order chi connectivity index (χ0) is 25.8. The topological polar surface area (TPSA) is 133 Å². The normalized spacial score (nSPS) is 30.8. The molecular weight excluding hydrogens is 491 g/mol. The Labute approximate surface area is 212 Å². The first-order chi connectivity index (χ1) is 17.0. The number of alkyl halides is 1. The Morgan fingerprint density at radius 3 is 2.47 bits per heavy atom. The minimum Gasteiger partial charge on any atom is -0.353 e. The molecule has 0 unspecified atom stereocenters. The van der Waals surface area contributed by atoms with Gasteiger partial charge in [0.25, 0.3) is 11.8 Å². The van der Waals surface area contributed by atoms with Crippen LogP contribution in [0.1, 0.15) is 62.2 Å². The highest BCUT2D eigenvalue weighted by Crippen LogP contribution is 2.69. The van der Waals surface area contributed by atoms with Crippen LogP contribution in [0.4, 0.5) is 10.1 Å². The predicted octanol–water partition coefficient (Wildman–Crippen LogP) is 2.03. The van der Waals surface area contributed by atoms with Crippen molar-refractivity contribution in [3.63, 3.8) is 0 Å². The molecule has 1 heterocycles. The molecule has 5 aliphatic rings. The van der Waals surface area contributed by atoms with Gasteiger partial charge >= 0.3 is 0 Å². The summed E-state index contributed by atoms with van der Waals surface area (Å²) >= 11 is 6.11. The van der Waals surface area contributed by atoms with Crippen LogP contribution in [0, 0.1) is 11.3 Å². The Kier molecular flexibility index (Phi) is 6.05. The Balaban J connectivity index is 1.33. The van der Waals surface area contributed by atoms with Gasteiger partial charge in [0.05, 0.1) is 22.7 Å². The number of hydrogen-bond acceptors (Lipinski definition) is 5. The quantitative estimate of drug-likeness (QED) is 0.371. The summed E-state index contributed by atoms with van der Waals surface area (Å²) < 4.78 is 13.9. The Bertz CT molecular complexity index is 1150. The molecule has 4 aliphatic carbocycles. The fraction of sp³-hybridized carbons (Fsp3) is 0.560. The van der Waals surface area contributed by atoms with Gasteiger partial charge in [0, 0.05) is 23.0 Å². The lowest BCUT2D eigenvalue weighted by Crippen LogP contribution is -2.69. The average molecular weight is 519 g/mol. The third-order valence-corrected chi connectivity index (χ3v) is 7.83. The number of amides is 4. The number of hydrogen-bond donors (Lipinski definition) is 4. The Morgan fingerprint density at radius 1 is 1.19 bits per heavy atom. The lowest BCUT2D eigenvalue weighted by molar-refractivity contribution is -0.209. The predicted molar refractivity (Wildman–Crippen MR) is 128 cm³/mol. The fourth-order valence-electron chi connectivity index (χ4n) is 5.52. The number of nitrogens with one attached hydrogen (secondary N) is 4. The molecule has 1 saturated heterocycles. The van der Waals surface area contributed by atoms with Gasteiger partial charge in [0.15, 0.2) is 0 Å². The molecule has 4 saturated carbocycles. The van der Waals surface area contributed by atoms with Gasteiger partial charge in [-0.2, -0.15) is 0 Å². The van der Waals surface area contributed by atoms with Gasteiger partial charge in [-0.05, 0) is 70.1 Å². The Hall–Kier alpha value is -3.01. The van der Waals surface area contributed by atoms with Crippen molar-refractivity contribution < 1.29 is 28.4 Å². The summed E-state index contributed by atoms with van der Waals surface area (Å²) in [6, 6.07) is 2.94. The molecule has 1 aromatic rings. The number of benzene rings is 1. The summed E-state index contributed by atoms with van der Waals surface area (Å²) in [4.78, 5) is 63.9. The van der Waals surface area contributed by atoms with E-state index in [9.17, 15) is 28.4 Å². The molecule has 0 spiro atoms. The van der Waals surface area contributed by atoms with E-state index in [4.69, 9.17) is 11.6 Å². The van der Waals surface area contributed by atoms with Crippen molar-refractivity contribution in [1.29, 1.82) is 0 Å². The van der Waals surface area contributed by atoms with E-state index in [0.29, 0.717) is 6.42 Å². The summed E-state index contributed by atoms with van der Waals surface area (Å²) in [6.07, 6.45) is 2.49. The van der Waals surface area contributed by atoms with Crippen molar-refractivity contribution in [3.8, 4) is 0 Å². The third kappa shape index (κ3) is 4.70. The SMILES string of the molecule is C[C@@H]1C[C@@H](C[C@H](NC(=O)c2cc(Cl)ccc2NC(=O)C23CC(F)(C2)C3)C(=O)C(=O)NC2CC2)C(=O)N1. The van der Waals surface area contributed by atoms with Crippen molar-refractivity contribution >= 4 is 46.7 Å². The first-order valence-corrected chi connectivity index (χ1v) is 12.6. The van der Waals surface area contributed by atoms with Crippen molar-refractivity contribution in [2.24, 2.45) is 11.3 Å². The molecule has 5 fully saturated rings. The summed E-state index contributed by atoms with van der Waals surface area (Å²) in [6.45, 7) is 1.84. The molecule has 2 bridgehead atoms. The van der Waals surface area contributed by atoms with Gasteiger partial charge < -0.3 is 21.3 Å². The highest BCUT2D eigenvalue weighted by Gasteiger charge is 2.72. The van der Waals surface area contributed by atoms with E-state index in [1.807, 2.05) is 6.92 Å². The second-order valence-corrected chi connectivity index (χ2v) is 11.3. The summed E-state index contributed by atoms with van der Waals surface area (Å²) in [5.41, 5.74) is -1.84. The van der Waals surface area contributed by atoms with Gasteiger partial charge in [0.1, 0.15) is 5.67 Å². The lowest BCUT2D eigenvalue weighted by atomic mass is 9.42. The number of carbonyl (C=O) groups excluding carboxylic acids is 5. The molecule has 4 N–H and O–H groups in total. The average Bonchev–Trinajstić information content (AvgIpc) is 3.53. The summed E-state index contributed by atoms with van der Waals surface area (Å²) in [5.74, 6) is -3.52. The van der Waals surface area contributed by atoms with Crippen LogP contribution in [-0.4, -0.2) is 53.2 Å².